The van der Waals surface area contributed by atoms with Gasteiger partial charge in [-0.25, -0.2) is 4.39 Å². The summed E-state index contributed by atoms with van der Waals surface area (Å²) in [4.78, 5) is 19.0. The van der Waals surface area contributed by atoms with Gasteiger partial charge < -0.3 is 14.4 Å². The third-order valence-corrected chi connectivity index (χ3v) is 5.45. The largest absolute Gasteiger partial charge is 0.485 e. The summed E-state index contributed by atoms with van der Waals surface area (Å²) in [5, 5.41) is 7.89. The Balaban J connectivity index is 1.43. The molecule has 0 atom stereocenters. The van der Waals surface area contributed by atoms with Crippen molar-refractivity contribution in [3.8, 4) is 16.9 Å². The molecule has 0 saturated carbocycles. The average Bonchev–Trinajstić information content (AvgIpc) is 3.25. The zero-order valence-electron chi connectivity index (χ0n) is 17.4. The predicted molar refractivity (Wildman–Crippen MR) is 117 cm³/mol. The monoisotopic (exact) mass is 432 g/mol. The summed E-state index contributed by atoms with van der Waals surface area (Å²) >= 11 is 0. The van der Waals surface area contributed by atoms with Crippen LogP contribution >= 0.6 is 0 Å². The topological polar surface area (TPSA) is 80.3 Å². The number of hydrogen-bond donors (Lipinski definition) is 1. The maximum Gasteiger partial charge on any atom is 0.254 e. The smallest absolute Gasteiger partial charge is 0.254 e. The van der Waals surface area contributed by atoms with Crippen LogP contribution in [0, 0.1) is 5.82 Å². The van der Waals surface area contributed by atoms with Gasteiger partial charge in [0, 0.05) is 48.1 Å². The predicted octanol–water partition coefficient (Wildman–Crippen LogP) is 3.81. The Kier molecular flexibility index (Phi) is 5.28. The zero-order valence-corrected chi connectivity index (χ0v) is 17.4. The van der Waals surface area contributed by atoms with Gasteiger partial charge in [0.15, 0.2) is 0 Å². The summed E-state index contributed by atoms with van der Waals surface area (Å²) < 4.78 is 25.1. The number of aromatic amines is 1. The van der Waals surface area contributed by atoms with E-state index in [1.54, 1.807) is 54.8 Å². The lowest BCUT2D eigenvalue weighted by Gasteiger charge is -2.28. The first-order valence-electron chi connectivity index (χ1n) is 10.2. The Morgan fingerprint density at radius 1 is 1.22 bits per heavy atom. The van der Waals surface area contributed by atoms with E-state index in [4.69, 9.17) is 9.47 Å². The minimum atomic E-state index is -0.332. The number of fused-ring (bicyclic) bond motifs is 1. The molecule has 1 N–H and O–H groups in total. The van der Waals surface area contributed by atoms with Crippen LogP contribution in [0.5, 0.6) is 5.75 Å². The van der Waals surface area contributed by atoms with Gasteiger partial charge in [0.05, 0.1) is 24.9 Å². The first-order chi connectivity index (χ1) is 15.6. The third-order valence-electron chi connectivity index (χ3n) is 5.45. The van der Waals surface area contributed by atoms with Gasteiger partial charge in [0.25, 0.3) is 5.91 Å². The minimum Gasteiger partial charge on any atom is -0.485 e. The van der Waals surface area contributed by atoms with Crippen LogP contribution in [-0.4, -0.2) is 52.4 Å². The highest BCUT2D eigenvalue weighted by Crippen LogP contribution is 2.33. The second-order valence-electron chi connectivity index (χ2n) is 7.79. The molecule has 32 heavy (non-hydrogen) atoms. The van der Waals surface area contributed by atoms with Gasteiger partial charge in [0.1, 0.15) is 17.7 Å². The molecule has 1 aliphatic heterocycles. The summed E-state index contributed by atoms with van der Waals surface area (Å²) in [5.41, 5.74) is 3.62. The van der Waals surface area contributed by atoms with Crippen molar-refractivity contribution < 1.29 is 18.7 Å². The van der Waals surface area contributed by atoms with Gasteiger partial charge in [-0.3, -0.25) is 14.9 Å². The molecule has 1 saturated heterocycles. The van der Waals surface area contributed by atoms with Crippen LogP contribution in [0.2, 0.25) is 0 Å². The summed E-state index contributed by atoms with van der Waals surface area (Å²) in [7, 11) is 1.73. The summed E-state index contributed by atoms with van der Waals surface area (Å²) in [6.45, 7) is 1.34. The quantitative estimate of drug-likeness (QED) is 0.501. The number of nitrogens with zero attached hydrogens (tertiary/aromatic N) is 3. The number of aromatic nitrogens is 3. The molecular weight excluding hydrogens is 411 g/mol. The number of carbonyl (C=O) groups is 1. The van der Waals surface area contributed by atoms with E-state index in [0.29, 0.717) is 36.6 Å². The molecule has 1 amide bonds. The van der Waals surface area contributed by atoms with E-state index >= 15 is 0 Å². The highest BCUT2D eigenvalue weighted by atomic mass is 19.1. The van der Waals surface area contributed by atoms with Crippen molar-refractivity contribution in [3.63, 3.8) is 0 Å². The van der Waals surface area contributed by atoms with Crippen molar-refractivity contribution in [2.75, 3.05) is 20.3 Å². The van der Waals surface area contributed by atoms with E-state index < -0.39 is 0 Å². The Bertz CT molecular complexity index is 1290. The first-order valence-corrected chi connectivity index (χ1v) is 10.2. The third kappa shape index (κ3) is 3.92. The van der Waals surface area contributed by atoms with Crippen LogP contribution in [-0.2, 0) is 11.3 Å². The Morgan fingerprint density at radius 2 is 2.09 bits per heavy atom. The van der Waals surface area contributed by atoms with E-state index in [0.717, 1.165) is 22.0 Å². The Hall–Kier alpha value is -3.78. The van der Waals surface area contributed by atoms with Crippen LogP contribution in [0.3, 0.4) is 0 Å². The van der Waals surface area contributed by atoms with Crippen LogP contribution in [0.25, 0.3) is 22.0 Å². The van der Waals surface area contributed by atoms with Crippen molar-refractivity contribution >= 4 is 16.8 Å². The van der Waals surface area contributed by atoms with Gasteiger partial charge in [-0.2, -0.15) is 5.10 Å². The van der Waals surface area contributed by atoms with Crippen molar-refractivity contribution in [1.82, 2.24) is 20.1 Å². The van der Waals surface area contributed by atoms with E-state index in [1.807, 2.05) is 6.07 Å². The maximum absolute atomic E-state index is 13.8. The van der Waals surface area contributed by atoms with Crippen LogP contribution in [0.4, 0.5) is 4.39 Å². The van der Waals surface area contributed by atoms with E-state index in [9.17, 15) is 9.18 Å². The van der Waals surface area contributed by atoms with Gasteiger partial charge in [0.2, 0.25) is 0 Å². The summed E-state index contributed by atoms with van der Waals surface area (Å²) in [6, 6.07) is 11.6. The number of halogens is 1. The molecule has 4 aromatic rings. The van der Waals surface area contributed by atoms with E-state index in [2.05, 4.69) is 15.2 Å². The summed E-state index contributed by atoms with van der Waals surface area (Å²) in [6.07, 6.45) is 5.06. The van der Waals surface area contributed by atoms with Crippen molar-refractivity contribution in [3.05, 3.63) is 78.0 Å². The first kappa shape index (κ1) is 20.1. The minimum absolute atomic E-state index is 0.0885. The molecule has 2 aromatic carbocycles. The number of H-pyrrole nitrogens is 1. The fraction of sp³-hybridized carbons (Fsp3) is 0.208. The highest BCUT2D eigenvalue weighted by Gasteiger charge is 2.23. The number of amides is 1. The maximum atomic E-state index is 13.8. The van der Waals surface area contributed by atoms with Gasteiger partial charge in [-0.15, -0.1) is 0 Å². The van der Waals surface area contributed by atoms with Crippen molar-refractivity contribution in [2.24, 2.45) is 0 Å². The molecule has 0 spiro atoms. The number of hydrogen-bond acceptors (Lipinski definition) is 5. The van der Waals surface area contributed by atoms with E-state index in [1.165, 1.54) is 12.1 Å². The number of nitrogens with one attached hydrogen (secondary N) is 1. The van der Waals surface area contributed by atoms with Crippen LogP contribution in [0.1, 0.15) is 15.9 Å². The lowest BCUT2D eigenvalue weighted by Crippen LogP contribution is -2.38. The lowest BCUT2D eigenvalue weighted by atomic mass is 10.0. The molecular formula is C24H21FN4O3. The normalized spacial score (nSPS) is 13.7. The number of ether oxygens (including phenoxy) is 2. The second kappa shape index (κ2) is 8.39. The number of rotatable bonds is 6. The molecule has 0 radical (unpaired) electrons. The van der Waals surface area contributed by atoms with Gasteiger partial charge in [-0.1, -0.05) is 12.1 Å². The number of pyridine rings is 1. The molecule has 0 unspecified atom stereocenters. The fourth-order valence-corrected chi connectivity index (χ4v) is 3.70. The standard InChI is InChI=1S/C24H21FN4O3/c1-29(12-18-10-26-9-17-11-27-28-23(17)18)24(30)16-5-6-21(15-3-2-4-19(25)7-15)22(8-16)32-20-13-31-14-20/h2-11,20H,12-14H2,1H3,(H,27,28). The number of carbonyl (C=O) groups excluding carboxylic acids is 1. The Labute approximate surface area is 183 Å². The van der Waals surface area contributed by atoms with Crippen molar-refractivity contribution in [2.45, 2.75) is 12.6 Å². The van der Waals surface area contributed by atoms with Crippen LogP contribution < -0.4 is 4.74 Å². The molecule has 1 aliphatic rings. The van der Waals surface area contributed by atoms with Crippen molar-refractivity contribution in [1.29, 1.82) is 0 Å². The Morgan fingerprint density at radius 3 is 2.88 bits per heavy atom. The van der Waals surface area contributed by atoms with E-state index in [-0.39, 0.29) is 17.8 Å². The molecule has 8 heteroatoms. The average molecular weight is 432 g/mol. The second-order valence-corrected chi connectivity index (χ2v) is 7.79. The highest BCUT2D eigenvalue weighted by molar-refractivity contribution is 5.95. The molecule has 0 bridgehead atoms. The zero-order chi connectivity index (χ0) is 22.1. The van der Waals surface area contributed by atoms with Crippen LogP contribution in [0.15, 0.2) is 61.1 Å². The molecule has 0 aliphatic carbocycles. The molecule has 3 heterocycles. The molecule has 7 nitrogen and oxygen atoms in total. The van der Waals surface area contributed by atoms with Gasteiger partial charge >= 0.3 is 0 Å². The number of benzene rings is 2. The molecule has 2 aromatic heterocycles. The van der Waals surface area contributed by atoms with Gasteiger partial charge in [-0.05, 0) is 35.9 Å². The lowest BCUT2D eigenvalue weighted by molar-refractivity contribution is -0.0794. The molecule has 1 fully saturated rings. The molecule has 162 valence electrons. The molecule has 5 rings (SSSR count). The summed E-state index contributed by atoms with van der Waals surface area (Å²) in [5.74, 6) is 0.0319. The SMILES string of the molecule is CN(Cc1cncc2cn[nH]c12)C(=O)c1ccc(-c2cccc(F)c2)c(OC2COC2)c1. The fourth-order valence-electron chi connectivity index (χ4n) is 3.70.